The van der Waals surface area contributed by atoms with Crippen LogP contribution in [0.1, 0.15) is 10.4 Å². The van der Waals surface area contributed by atoms with Gasteiger partial charge in [-0.1, -0.05) is 17.7 Å². The van der Waals surface area contributed by atoms with Crippen molar-refractivity contribution < 1.29 is 17.6 Å². The molecule has 0 aliphatic heterocycles. The van der Waals surface area contributed by atoms with Crippen molar-refractivity contribution in [2.24, 2.45) is 0 Å². The van der Waals surface area contributed by atoms with E-state index in [1.165, 1.54) is 49.5 Å². The van der Waals surface area contributed by atoms with Crippen LogP contribution in [0.2, 0.25) is 5.02 Å². The molecule has 1 amide bonds. The zero-order valence-electron chi connectivity index (χ0n) is 14.0. The lowest BCUT2D eigenvalue weighted by molar-refractivity contribution is 0.102. The average Bonchev–Trinajstić information content (AvgIpc) is 3.20. The molecule has 0 spiro atoms. The fraction of sp³-hybridized carbons (Fsp3) is 0.0556. The predicted octanol–water partition coefficient (Wildman–Crippen LogP) is 4.62. The highest BCUT2D eigenvalue weighted by Crippen LogP contribution is 2.25. The quantitative estimate of drug-likeness (QED) is 0.650. The third kappa shape index (κ3) is 4.13. The zero-order chi connectivity index (χ0) is 19.6. The summed E-state index contributed by atoms with van der Waals surface area (Å²) >= 11 is 6.83. The molecular formula is C18H14ClFN2O3S2. The molecule has 1 N–H and O–H groups in total. The summed E-state index contributed by atoms with van der Waals surface area (Å²) in [5.41, 5.74) is 1.10. The Balaban J connectivity index is 1.76. The Hall–Kier alpha value is -2.42. The summed E-state index contributed by atoms with van der Waals surface area (Å²) in [6, 6.07) is 13.2. The molecule has 2 aromatic carbocycles. The Morgan fingerprint density at radius 2 is 1.85 bits per heavy atom. The van der Waals surface area contributed by atoms with Gasteiger partial charge in [0.15, 0.2) is 0 Å². The summed E-state index contributed by atoms with van der Waals surface area (Å²) in [7, 11) is -2.19. The molecule has 3 rings (SSSR count). The first-order chi connectivity index (χ1) is 12.8. The molecule has 0 radical (unpaired) electrons. The molecule has 140 valence electrons. The van der Waals surface area contributed by atoms with Crippen molar-refractivity contribution in [2.75, 3.05) is 16.7 Å². The van der Waals surface area contributed by atoms with E-state index in [1.807, 2.05) is 0 Å². The van der Waals surface area contributed by atoms with E-state index in [0.29, 0.717) is 16.9 Å². The minimum Gasteiger partial charge on any atom is -0.322 e. The number of benzene rings is 2. The molecular weight excluding hydrogens is 411 g/mol. The molecule has 0 fully saturated rings. The van der Waals surface area contributed by atoms with Gasteiger partial charge in [-0.15, -0.1) is 11.3 Å². The Bertz CT molecular complexity index is 1070. The van der Waals surface area contributed by atoms with Crippen molar-refractivity contribution >= 4 is 50.2 Å². The van der Waals surface area contributed by atoms with Gasteiger partial charge in [0.05, 0.1) is 10.7 Å². The third-order valence-corrected chi connectivity index (χ3v) is 7.23. The van der Waals surface area contributed by atoms with Crippen molar-refractivity contribution in [3.8, 4) is 0 Å². The van der Waals surface area contributed by atoms with Gasteiger partial charge in [-0.25, -0.2) is 12.8 Å². The van der Waals surface area contributed by atoms with E-state index >= 15 is 0 Å². The van der Waals surface area contributed by atoms with Crippen molar-refractivity contribution in [3.05, 3.63) is 76.4 Å². The van der Waals surface area contributed by atoms with E-state index in [1.54, 1.807) is 11.4 Å². The number of thiophene rings is 1. The van der Waals surface area contributed by atoms with Gasteiger partial charge in [0.2, 0.25) is 0 Å². The maximum Gasteiger partial charge on any atom is 0.273 e. The number of sulfonamides is 1. The molecule has 0 aliphatic carbocycles. The standard InChI is InChI=1S/C18H14ClFN2O3S2/c1-22(27(24,25)17-3-2-10-26-17)14-7-4-12(5-8-14)18(23)21-13-6-9-16(20)15(19)11-13/h2-11H,1H3,(H,21,23). The van der Waals surface area contributed by atoms with Crippen molar-refractivity contribution in [3.63, 3.8) is 0 Å². The van der Waals surface area contributed by atoms with Crippen molar-refractivity contribution in [1.82, 2.24) is 0 Å². The van der Waals surface area contributed by atoms with Crippen LogP contribution in [0.15, 0.2) is 64.2 Å². The summed E-state index contributed by atoms with van der Waals surface area (Å²) in [5.74, 6) is -0.998. The molecule has 0 bridgehead atoms. The molecule has 1 aromatic heterocycles. The smallest absolute Gasteiger partial charge is 0.273 e. The molecule has 27 heavy (non-hydrogen) atoms. The van der Waals surface area contributed by atoms with Crippen LogP contribution in [0.3, 0.4) is 0 Å². The first kappa shape index (κ1) is 19.3. The topological polar surface area (TPSA) is 66.5 Å². The second kappa shape index (κ2) is 7.67. The van der Waals surface area contributed by atoms with E-state index in [2.05, 4.69) is 5.32 Å². The van der Waals surface area contributed by atoms with Crippen LogP contribution >= 0.6 is 22.9 Å². The molecule has 1 heterocycles. The number of amides is 1. The molecule has 3 aromatic rings. The Morgan fingerprint density at radius 3 is 2.44 bits per heavy atom. The first-order valence-electron chi connectivity index (χ1n) is 7.68. The molecule has 5 nitrogen and oxygen atoms in total. The van der Waals surface area contributed by atoms with Crippen LogP contribution in [0.5, 0.6) is 0 Å². The predicted molar refractivity (Wildman–Crippen MR) is 106 cm³/mol. The molecule has 0 unspecified atom stereocenters. The number of halogens is 2. The fourth-order valence-electron chi connectivity index (χ4n) is 2.28. The normalized spacial score (nSPS) is 11.2. The number of hydrogen-bond acceptors (Lipinski definition) is 4. The maximum atomic E-state index is 13.2. The second-order valence-electron chi connectivity index (χ2n) is 5.53. The van der Waals surface area contributed by atoms with E-state index in [-0.39, 0.29) is 9.23 Å². The Morgan fingerprint density at radius 1 is 1.15 bits per heavy atom. The van der Waals surface area contributed by atoms with Gasteiger partial charge in [-0.2, -0.15) is 0 Å². The van der Waals surface area contributed by atoms with Gasteiger partial charge in [-0.05, 0) is 53.9 Å². The summed E-state index contributed by atoms with van der Waals surface area (Å²) < 4.78 is 39.6. The molecule has 9 heteroatoms. The van der Waals surface area contributed by atoms with Gasteiger partial charge < -0.3 is 5.32 Å². The lowest BCUT2D eigenvalue weighted by Crippen LogP contribution is -2.25. The average molecular weight is 425 g/mol. The van der Waals surface area contributed by atoms with Crippen molar-refractivity contribution in [1.29, 1.82) is 0 Å². The van der Waals surface area contributed by atoms with Gasteiger partial charge >= 0.3 is 0 Å². The second-order valence-corrected chi connectivity index (χ2v) is 9.09. The zero-order valence-corrected chi connectivity index (χ0v) is 16.4. The van der Waals surface area contributed by atoms with Gasteiger partial charge in [-0.3, -0.25) is 9.10 Å². The van der Waals surface area contributed by atoms with Crippen LogP contribution in [-0.2, 0) is 10.0 Å². The van der Waals surface area contributed by atoms with Gasteiger partial charge in [0, 0.05) is 18.3 Å². The number of carbonyl (C=O) groups is 1. The molecule has 0 aliphatic rings. The summed E-state index contributed by atoms with van der Waals surface area (Å²) in [5, 5.41) is 4.20. The lowest BCUT2D eigenvalue weighted by Gasteiger charge is -2.18. The van der Waals surface area contributed by atoms with E-state index in [4.69, 9.17) is 11.6 Å². The van der Waals surface area contributed by atoms with Crippen LogP contribution < -0.4 is 9.62 Å². The number of hydrogen-bond donors (Lipinski definition) is 1. The van der Waals surface area contributed by atoms with Crippen LogP contribution in [0.4, 0.5) is 15.8 Å². The Kier molecular flexibility index (Phi) is 5.50. The summed E-state index contributed by atoms with van der Waals surface area (Å²) in [4.78, 5) is 12.3. The number of nitrogens with zero attached hydrogens (tertiary/aromatic N) is 1. The van der Waals surface area contributed by atoms with E-state index in [0.717, 1.165) is 21.7 Å². The summed E-state index contributed by atoms with van der Waals surface area (Å²) in [6.07, 6.45) is 0. The highest BCUT2D eigenvalue weighted by Gasteiger charge is 2.22. The number of nitrogens with one attached hydrogen (secondary N) is 1. The first-order valence-corrected chi connectivity index (χ1v) is 10.4. The highest BCUT2D eigenvalue weighted by molar-refractivity contribution is 7.94. The van der Waals surface area contributed by atoms with Crippen LogP contribution in [0, 0.1) is 5.82 Å². The highest BCUT2D eigenvalue weighted by atomic mass is 35.5. The number of rotatable bonds is 5. The lowest BCUT2D eigenvalue weighted by atomic mass is 10.2. The number of carbonyl (C=O) groups excluding carboxylic acids is 1. The van der Waals surface area contributed by atoms with E-state index < -0.39 is 21.7 Å². The maximum absolute atomic E-state index is 13.2. The molecule has 0 saturated heterocycles. The monoisotopic (exact) mass is 424 g/mol. The van der Waals surface area contributed by atoms with Crippen LogP contribution in [-0.4, -0.2) is 21.4 Å². The fourth-order valence-corrected chi connectivity index (χ4v) is 4.82. The number of anilines is 2. The SMILES string of the molecule is CN(c1ccc(C(=O)Nc2ccc(F)c(Cl)c2)cc1)S(=O)(=O)c1cccs1. The van der Waals surface area contributed by atoms with E-state index in [9.17, 15) is 17.6 Å². The summed E-state index contributed by atoms with van der Waals surface area (Å²) in [6.45, 7) is 0. The minimum atomic E-state index is -3.64. The van der Waals surface area contributed by atoms with Gasteiger partial charge in [0.25, 0.3) is 15.9 Å². The molecule has 0 atom stereocenters. The van der Waals surface area contributed by atoms with Crippen molar-refractivity contribution in [2.45, 2.75) is 4.21 Å². The Labute approximate surface area is 165 Å². The third-order valence-electron chi connectivity index (χ3n) is 3.78. The van der Waals surface area contributed by atoms with Crippen LogP contribution in [0.25, 0.3) is 0 Å². The van der Waals surface area contributed by atoms with Gasteiger partial charge in [0.1, 0.15) is 10.0 Å². The molecule has 0 saturated carbocycles. The largest absolute Gasteiger partial charge is 0.322 e. The minimum absolute atomic E-state index is 0.0939.